The van der Waals surface area contributed by atoms with Gasteiger partial charge in [0, 0.05) is 23.2 Å². The van der Waals surface area contributed by atoms with Crippen LogP contribution in [0, 0.1) is 6.92 Å². The minimum atomic E-state index is 0.000839. The van der Waals surface area contributed by atoms with E-state index in [2.05, 4.69) is 9.97 Å². The molecule has 0 spiro atoms. The Hall–Kier alpha value is -2.43. The summed E-state index contributed by atoms with van der Waals surface area (Å²) in [6, 6.07) is 7.77. The van der Waals surface area contributed by atoms with Crippen LogP contribution in [0.15, 0.2) is 30.6 Å². The van der Waals surface area contributed by atoms with Gasteiger partial charge in [0.25, 0.3) is 5.91 Å². The van der Waals surface area contributed by atoms with Gasteiger partial charge in [0.1, 0.15) is 6.33 Å². The SMILES string of the molecule is COc1ncnc(C)c1-c1ccccc1C(=O)N(C(C)C)C(C)C. The van der Waals surface area contributed by atoms with Gasteiger partial charge < -0.3 is 9.64 Å². The molecule has 1 amide bonds. The fourth-order valence-corrected chi connectivity index (χ4v) is 3.01. The van der Waals surface area contributed by atoms with Crippen LogP contribution in [0.5, 0.6) is 5.88 Å². The highest BCUT2D eigenvalue weighted by Crippen LogP contribution is 2.33. The summed E-state index contributed by atoms with van der Waals surface area (Å²) in [4.78, 5) is 23.5. The summed E-state index contributed by atoms with van der Waals surface area (Å²) >= 11 is 0. The number of rotatable bonds is 5. The Morgan fingerprint density at radius 2 is 1.71 bits per heavy atom. The van der Waals surface area contributed by atoms with Crippen LogP contribution >= 0.6 is 0 Å². The lowest BCUT2D eigenvalue weighted by Crippen LogP contribution is -2.42. The molecule has 0 aliphatic carbocycles. The third-order valence-electron chi connectivity index (χ3n) is 3.97. The zero-order valence-corrected chi connectivity index (χ0v) is 15.2. The first kappa shape index (κ1) is 17.9. The third kappa shape index (κ3) is 3.40. The minimum Gasteiger partial charge on any atom is -0.480 e. The van der Waals surface area contributed by atoms with Crippen molar-refractivity contribution in [2.24, 2.45) is 0 Å². The zero-order chi connectivity index (χ0) is 17.9. The quantitative estimate of drug-likeness (QED) is 0.840. The Labute approximate surface area is 143 Å². The molecule has 0 aliphatic heterocycles. The predicted molar refractivity (Wildman–Crippen MR) is 95.2 cm³/mol. The lowest BCUT2D eigenvalue weighted by Gasteiger charge is -2.31. The van der Waals surface area contributed by atoms with Gasteiger partial charge in [-0.3, -0.25) is 4.79 Å². The highest BCUT2D eigenvalue weighted by atomic mass is 16.5. The highest BCUT2D eigenvalue weighted by Gasteiger charge is 2.25. The molecule has 0 radical (unpaired) electrons. The van der Waals surface area contributed by atoms with E-state index in [0.717, 1.165) is 16.8 Å². The molecule has 0 unspecified atom stereocenters. The summed E-state index contributed by atoms with van der Waals surface area (Å²) in [6.45, 7) is 10.00. The molecule has 0 atom stereocenters. The Balaban J connectivity index is 2.63. The molecule has 2 rings (SSSR count). The number of methoxy groups -OCH3 is 1. The van der Waals surface area contributed by atoms with Crippen molar-refractivity contribution in [1.29, 1.82) is 0 Å². The van der Waals surface area contributed by atoms with Crippen molar-refractivity contribution < 1.29 is 9.53 Å². The molecule has 1 heterocycles. The van der Waals surface area contributed by atoms with E-state index in [1.54, 1.807) is 7.11 Å². The van der Waals surface area contributed by atoms with Gasteiger partial charge in [-0.1, -0.05) is 18.2 Å². The molecule has 0 N–H and O–H groups in total. The molecular formula is C19H25N3O2. The number of aromatic nitrogens is 2. The van der Waals surface area contributed by atoms with Crippen molar-refractivity contribution in [3.63, 3.8) is 0 Å². The number of hydrogen-bond donors (Lipinski definition) is 0. The summed E-state index contributed by atoms with van der Waals surface area (Å²) in [5.41, 5.74) is 2.97. The number of aryl methyl sites for hydroxylation is 1. The molecule has 1 aromatic heterocycles. The minimum absolute atomic E-state index is 0.000839. The molecule has 0 bridgehead atoms. The van der Waals surface area contributed by atoms with Crippen LogP contribution in [-0.4, -0.2) is 40.0 Å². The predicted octanol–water partition coefficient (Wildman–Crippen LogP) is 3.72. The second-order valence-corrected chi connectivity index (χ2v) is 6.29. The molecule has 1 aromatic carbocycles. The third-order valence-corrected chi connectivity index (χ3v) is 3.97. The Kier molecular flexibility index (Phi) is 5.54. The number of carbonyl (C=O) groups excluding carboxylic acids is 1. The van der Waals surface area contributed by atoms with Crippen LogP contribution in [0.3, 0.4) is 0 Å². The number of hydrogen-bond acceptors (Lipinski definition) is 4. The number of ether oxygens (including phenoxy) is 1. The average Bonchev–Trinajstić information content (AvgIpc) is 2.53. The summed E-state index contributed by atoms with van der Waals surface area (Å²) < 4.78 is 5.39. The van der Waals surface area contributed by atoms with Gasteiger partial charge in [0.2, 0.25) is 5.88 Å². The van der Waals surface area contributed by atoms with E-state index in [1.807, 2.05) is 63.8 Å². The maximum atomic E-state index is 13.2. The molecule has 24 heavy (non-hydrogen) atoms. The summed E-state index contributed by atoms with van der Waals surface area (Å²) in [6.07, 6.45) is 1.47. The summed E-state index contributed by atoms with van der Waals surface area (Å²) in [5.74, 6) is 0.476. The average molecular weight is 327 g/mol. The van der Waals surface area contributed by atoms with Crippen LogP contribution in [-0.2, 0) is 0 Å². The number of benzene rings is 1. The topological polar surface area (TPSA) is 55.3 Å². The first-order valence-corrected chi connectivity index (χ1v) is 8.16. The van der Waals surface area contributed by atoms with Crippen molar-refractivity contribution >= 4 is 5.91 Å². The van der Waals surface area contributed by atoms with Gasteiger partial charge in [-0.2, -0.15) is 0 Å². The zero-order valence-electron chi connectivity index (χ0n) is 15.2. The van der Waals surface area contributed by atoms with Crippen LogP contribution in [0.2, 0.25) is 0 Å². The monoisotopic (exact) mass is 327 g/mol. The summed E-state index contributed by atoms with van der Waals surface area (Å²) in [5, 5.41) is 0. The van der Waals surface area contributed by atoms with E-state index < -0.39 is 0 Å². The molecule has 5 nitrogen and oxygen atoms in total. The normalized spacial score (nSPS) is 11.0. The fourth-order valence-electron chi connectivity index (χ4n) is 3.01. The van der Waals surface area contributed by atoms with Crippen molar-refractivity contribution in [3.8, 4) is 17.0 Å². The maximum absolute atomic E-state index is 13.2. The number of nitrogens with zero attached hydrogens (tertiary/aromatic N) is 3. The van der Waals surface area contributed by atoms with E-state index in [9.17, 15) is 4.79 Å². The first-order valence-electron chi connectivity index (χ1n) is 8.16. The van der Waals surface area contributed by atoms with E-state index in [0.29, 0.717) is 11.4 Å². The Bertz CT molecular complexity index is 718. The van der Waals surface area contributed by atoms with Gasteiger partial charge in [-0.15, -0.1) is 0 Å². The van der Waals surface area contributed by atoms with Crippen LogP contribution in [0.1, 0.15) is 43.7 Å². The molecule has 2 aromatic rings. The molecule has 5 heteroatoms. The number of carbonyl (C=O) groups is 1. The molecular weight excluding hydrogens is 302 g/mol. The van der Waals surface area contributed by atoms with Crippen molar-refractivity contribution in [2.45, 2.75) is 46.7 Å². The van der Waals surface area contributed by atoms with Crippen molar-refractivity contribution in [2.75, 3.05) is 7.11 Å². The molecule has 128 valence electrons. The van der Waals surface area contributed by atoms with Gasteiger partial charge in [-0.05, 0) is 40.7 Å². The van der Waals surface area contributed by atoms with Crippen LogP contribution < -0.4 is 4.74 Å². The first-order chi connectivity index (χ1) is 11.4. The van der Waals surface area contributed by atoms with Gasteiger partial charge in [0.15, 0.2) is 0 Å². The van der Waals surface area contributed by atoms with E-state index >= 15 is 0 Å². The standard InChI is InChI=1S/C19H25N3O2/c1-12(2)22(13(3)4)19(23)16-10-8-7-9-15(16)17-14(5)20-11-21-18(17)24-6/h7-13H,1-6H3. The molecule has 0 aliphatic rings. The lowest BCUT2D eigenvalue weighted by atomic mass is 9.97. The Morgan fingerprint density at radius 3 is 2.29 bits per heavy atom. The number of amides is 1. The van der Waals surface area contributed by atoms with Gasteiger partial charge in [-0.25, -0.2) is 9.97 Å². The molecule has 0 saturated carbocycles. The highest BCUT2D eigenvalue weighted by molar-refractivity contribution is 6.02. The van der Waals surface area contributed by atoms with E-state index in [4.69, 9.17) is 4.74 Å². The van der Waals surface area contributed by atoms with Gasteiger partial charge >= 0.3 is 0 Å². The maximum Gasteiger partial charge on any atom is 0.254 e. The van der Waals surface area contributed by atoms with Gasteiger partial charge in [0.05, 0.1) is 18.4 Å². The molecule has 0 saturated heterocycles. The molecule has 0 fully saturated rings. The van der Waals surface area contributed by atoms with Crippen molar-refractivity contribution in [3.05, 3.63) is 41.9 Å². The summed E-state index contributed by atoms with van der Waals surface area (Å²) in [7, 11) is 1.57. The fraction of sp³-hybridized carbons (Fsp3) is 0.421. The van der Waals surface area contributed by atoms with Crippen LogP contribution in [0.25, 0.3) is 11.1 Å². The van der Waals surface area contributed by atoms with Crippen molar-refractivity contribution in [1.82, 2.24) is 14.9 Å². The smallest absolute Gasteiger partial charge is 0.254 e. The van der Waals surface area contributed by atoms with E-state index in [1.165, 1.54) is 6.33 Å². The van der Waals surface area contributed by atoms with E-state index in [-0.39, 0.29) is 18.0 Å². The second kappa shape index (κ2) is 7.43. The Morgan fingerprint density at radius 1 is 1.08 bits per heavy atom. The van der Waals surface area contributed by atoms with Crippen LogP contribution in [0.4, 0.5) is 0 Å². The largest absolute Gasteiger partial charge is 0.480 e. The second-order valence-electron chi connectivity index (χ2n) is 6.29. The lowest BCUT2D eigenvalue weighted by molar-refractivity contribution is 0.0644.